The van der Waals surface area contributed by atoms with Crippen LogP contribution < -0.4 is 11.3 Å². The van der Waals surface area contributed by atoms with E-state index in [1.54, 1.807) is 0 Å². The summed E-state index contributed by atoms with van der Waals surface area (Å²) < 4.78 is 24.5. The van der Waals surface area contributed by atoms with Gasteiger partial charge in [-0.05, 0) is 18.0 Å². The lowest BCUT2D eigenvalue weighted by atomic mass is 10.2. The second-order valence-corrected chi connectivity index (χ2v) is 2.51. The number of nitrogens with two attached hydrogens (primary N) is 1. The minimum atomic E-state index is -3.34. The summed E-state index contributed by atoms with van der Waals surface area (Å²) >= 11 is 4.69. The van der Waals surface area contributed by atoms with E-state index in [0.29, 0.717) is 0 Å². The van der Waals surface area contributed by atoms with Crippen molar-refractivity contribution in [2.75, 3.05) is 0 Å². The minimum absolute atomic E-state index is 0.0590. The number of hydrogen-bond donors (Lipinski definition) is 2. The van der Waals surface area contributed by atoms with Crippen LogP contribution >= 0.6 is 11.6 Å². The summed E-state index contributed by atoms with van der Waals surface area (Å²) in [5.41, 5.74) is 1.90. The lowest BCUT2D eigenvalue weighted by Crippen LogP contribution is -2.45. The van der Waals surface area contributed by atoms with Crippen LogP contribution in [-0.2, 0) is 0 Å². The van der Waals surface area contributed by atoms with Crippen LogP contribution in [0.3, 0.4) is 0 Å². The predicted octanol–water partition coefficient (Wildman–Crippen LogP) is 1.06. The van der Waals surface area contributed by atoms with E-state index in [1.807, 2.05) is 5.43 Å². The van der Waals surface area contributed by atoms with Gasteiger partial charge in [0.25, 0.3) is 0 Å². The number of halogens is 3. The molecule has 0 radical (unpaired) electrons. The van der Waals surface area contributed by atoms with Crippen molar-refractivity contribution < 1.29 is 8.78 Å². The highest BCUT2D eigenvalue weighted by Gasteiger charge is 2.35. The van der Waals surface area contributed by atoms with Crippen LogP contribution in [0.1, 0.15) is 12.8 Å². The average Bonchev–Trinajstić information content (AvgIpc) is 1.87. The largest absolute Gasteiger partial charge is 0.338 e. The van der Waals surface area contributed by atoms with E-state index >= 15 is 0 Å². The fraction of sp³-hybridized carbons (Fsp3) is 0.667. The van der Waals surface area contributed by atoms with Crippen LogP contribution in [0, 0.1) is 12.3 Å². The quantitative estimate of drug-likeness (QED) is 0.295. The van der Waals surface area contributed by atoms with E-state index in [2.05, 4.69) is 5.92 Å². The van der Waals surface area contributed by atoms with Gasteiger partial charge in [0.05, 0.1) is 0 Å². The molecule has 2 nitrogen and oxygen atoms in total. The molecule has 0 aliphatic heterocycles. The molecule has 3 N–H and O–H groups in total. The van der Waals surface area contributed by atoms with Crippen molar-refractivity contribution >= 4 is 11.6 Å². The van der Waals surface area contributed by atoms with Crippen LogP contribution in [-0.4, -0.2) is 11.4 Å². The summed E-state index contributed by atoms with van der Waals surface area (Å²) in [4.78, 5) is 0. The van der Waals surface area contributed by atoms with E-state index in [9.17, 15) is 8.78 Å². The molecular weight excluding hydrogens is 174 g/mol. The van der Waals surface area contributed by atoms with Crippen molar-refractivity contribution in [1.29, 1.82) is 0 Å². The van der Waals surface area contributed by atoms with E-state index in [1.165, 1.54) is 0 Å². The highest BCUT2D eigenvalue weighted by molar-refractivity contribution is 6.22. The summed E-state index contributed by atoms with van der Waals surface area (Å²) in [5, 5.41) is -3.34. The first kappa shape index (κ1) is 10.6. The summed E-state index contributed by atoms with van der Waals surface area (Å²) in [6.45, 7) is 0. The van der Waals surface area contributed by atoms with Crippen LogP contribution in [0.2, 0.25) is 0 Å². The van der Waals surface area contributed by atoms with Gasteiger partial charge >= 0.3 is 5.38 Å². The van der Waals surface area contributed by atoms with Crippen LogP contribution in [0.5, 0.6) is 0 Å². The first-order valence-electron chi connectivity index (χ1n) is 2.98. The molecule has 0 spiro atoms. The van der Waals surface area contributed by atoms with Gasteiger partial charge in [-0.25, -0.2) is 5.43 Å². The van der Waals surface area contributed by atoms with E-state index in [0.717, 1.165) is 0 Å². The Balaban J connectivity index is 3.88. The second-order valence-electron chi connectivity index (χ2n) is 2.00. The van der Waals surface area contributed by atoms with Gasteiger partial charge in [0, 0.05) is 6.42 Å². The molecule has 0 fully saturated rings. The second kappa shape index (κ2) is 4.50. The molecule has 0 saturated carbocycles. The Morgan fingerprint density at radius 2 is 2.27 bits per heavy atom. The Kier molecular flexibility index (Phi) is 4.34. The van der Waals surface area contributed by atoms with E-state index in [-0.39, 0.29) is 12.8 Å². The lowest BCUT2D eigenvalue weighted by Gasteiger charge is -2.19. The van der Waals surface area contributed by atoms with Gasteiger partial charge in [-0.2, -0.15) is 8.78 Å². The molecular formula is C6H9ClF2N2. The molecule has 5 heteroatoms. The van der Waals surface area contributed by atoms with Gasteiger partial charge < -0.3 is 0 Å². The van der Waals surface area contributed by atoms with Gasteiger partial charge in [-0.3, -0.25) is 5.84 Å². The van der Waals surface area contributed by atoms with Crippen molar-refractivity contribution in [2.45, 2.75) is 24.3 Å². The number of rotatable bonds is 4. The Hall–Kier alpha value is -0.370. The molecule has 64 valence electrons. The Morgan fingerprint density at radius 3 is 2.55 bits per heavy atom. The van der Waals surface area contributed by atoms with Crippen molar-refractivity contribution in [2.24, 2.45) is 5.84 Å². The van der Waals surface area contributed by atoms with Crippen molar-refractivity contribution in [3.63, 3.8) is 0 Å². The highest BCUT2D eigenvalue weighted by atomic mass is 35.5. The molecule has 1 unspecified atom stereocenters. The molecule has 0 heterocycles. The fourth-order valence-corrected chi connectivity index (χ4v) is 0.741. The lowest BCUT2D eigenvalue weighted by molar-refractivity contribution is 0.0473. The molecule has 1 atom stereocenters. The van der Waals surface area contributed by atoms with Crippen LogP contribution in [0.15, 0.2) is 0 Å². The zero-order chi connectivity index (χ0) is 8.91. The SMILES string of the molecule is C#CCCC(NN)C(F)(F)Cl. The summed E-state index contributed by atoms with van der Waals surface area (Å²) in [6, 6.07) is -1.26. The standard InChI is InChI=1S/C6H9ClF2N2/c1-2-3-4-5(11-10)6(7,8)9/h1,5,11H,3-4,10H2. The van der Waals surface area contributed by atoms with Gasteiger partial charge in [-0.15, -0.1) is 12.3 Å². The Morgan fingerprint density at radius 1 is 1.73 bits per heavy atom. The van der Waals surface area contributed by atoms with Gasteiger partial charge in [0.1, 0.15) is 6.04 Å². The zero-order valence-electron chi connectivity index (χ0n) is 5.78. The number of terminal acetylenes is 1. The third-order valence-corrected chi connectivity index (χ3v) is 1.44. The molecule has 0 aromatic heterocycles. The van der Waals surface area contributed by atoms with Gasteiger partial charge in [0.2, 0.25) is 0 Å². The number of alkyl halides is 3. The van der Waals surface area contributed by atoms with Crippen LogP contribution in [0.25, 0.3) is 0 Å². The third-order valence-electron chi connectivity index (χ3n) is 1.17. The predicted molar refractivity (Wildman–Crippen MR) is 40.0 cm³/mol. The highest BCUT2D eigenvalue weighted by Crippen LogP contribution is 2.25. The Bertz CT molecular complexity index is 150. The number of hydrazine groups is 1. The smallest absolute Gasteiger partial charge is 0.271 e. The molecule has 0 aromatic rings. The van der Waals surface area contributed by atoms with E-state index < -0.39 is 11.4 Å². The normalized spacial score (nSPS) is 14.1. The number of nitrogens with one attached hydrogen (secondary N) is 1. The maximum Gasteiger partial charge on any atom is 0.338 e. The Labute approximate surface area is 69.1 Å². The molecule has 0 aromatic carbocycles. The first-order valence-corrected chi connectivity index (χ1v) is 3.36. The molecule has 0 aliphatic carbocycles. The molecule has 11 heavy (non-hydrogen) atoms. The summed E-state index contributed by atoms with van der Waals surface area (Å²) in [5.74, 6) is 7.03. The first-order chi connectivity index (χ1) is 5.02. The average molecular weight is 183 g/mol. The van der Waals surface area contributed by atoms with Gasteiger partial charge in [0.15, 0.2) is 0 Å². The minimum Gasteiger partial charge on any atom is -0.271 e. The monoisotopic (exact) mass is 182 g/mol. The fourth-order valence-electron chi connectivity index (χ4n) is 0.569. The zero-order valence-corrected chi connectivity index (χ0v) is 6.54. The number of hydrogen-bond acceptors (Lipinski definition) is 2. The summed E-state index contributed by atoms with van der Waals surface area (Å²) in [7, 11) is 0. The molecule has 0 amide bonds. The third kappa shape index (κ3) is 4.14. The topological polar surface area (TPSA) is 38.0 Å². The molecule has 0 rings (SSSR count). The molecule has 0 saturated heterocycles. The van der Waals surface area contributed by atoms with Crippen molar-refractivity contribution in [1.82, 2.24) is 5.43 Å². The van der Waals surface area contributed by atoms with Crippen LogP contribution in [0.4, 0.5) is 8.78 Å². The maximum atomic E-state index is 12.3. The van der Waals surface area contributed by atoms with Gasteiger partial charge in [-0.1, -0.05) is 0 Å². The van der Waals surface area contributed by atoms with Crippen molar-refractivity contribution in [3.05, 3.63) is 0 Å². The summed E-state index contributed by atoms with van der Waals surface area (Å²) in [6.07, 6.45) is 5.15. The molecule has 0 aliphatic rings. The molecule has 0 bridgehead atoms. The van der Waals surface area contributed by atoms with E-state index in [4.69, 9.17) is 23.9 Å². The maximum absolute atomic E-state index is 12.3. The van der Waals surface area contributed by atoms with Crippen molar-refractivity contribution in [3.8, 4) is 12.3 Å².